The Labute approximate surface area is 329 Å². The van der Waals surface area contributed by atoms with Crippen LogP contribution in [0.4, 0.5) is 0 Å². The summed E-state index contributed by atoms with van der Waals surface area (Å²) < 4.78 is 43.3. The van der Waals surface area contributed by atoms with Gasteiger partial charge in [-0.05, 0) is 73.0 Å². The highest BCUT2D eigenvalue weighted by Gasteiger charge is 2.32. The van der Waals surface area contributed by atoms with Crippen LogP contribution in [-0.2, 0) is 32.4 Å². The molecule has 2 heterocycles. The zero-order chi connectivity index (χ0) is 39.1. The number of fused-ring (bicyclic) bond motifs is 1. The van der Waals surface area contributed by atoms with Gasteiger partial charge in [0.1, 0.15) is 5.75 Å². The fourth-order valence-corrected chi connectivity index (χ4v) is 9.20. The molecule has 0 aliphatic carbocycles. The van der Waals surface area contributed by atoms with Crippen LogP contribution >= 0.6 is 11.6 Å². The third kappa shape index (κ3) is 9.59. The molecule has 1 amide bonds. The second kappa shape index (κ2) is 17.8. The van der Waals surface area contributed by atoms with Gasteiger partial charge in [0.25, 0.3) is 0 Å². The Morgan fingerprint density at radius 3 is 2.07 bits per heavy atom. The molecule has 1 fully saturated rings. The predicted octanol–water partition coefficient (Wildman–Crippen LogP) is 6.74. The van der Waals surface area contributed by atoms with Gasteiger partial charge in [-0.25, -0.2) is 17.9 Å². The quantitative estimate of drug-likeness (QED) is 0.117. The maximum Gasteiger partial charge on any atom is 0.337 e. The first-order valence-corrected chi connectivity index (χ1v) is 20.7. The van der Waals surface area contributed by atoms with Crippen molar-refractivity contribution in [2.45, 2.75) is 51.7 Å². The molecule has 0 bridgehead atoms. The van der Waals surface area contributed by atoms with E-state index in [4.69, 9.17) is 21.1 Å². The Kier molecular flexibility index (Phi) is 13.0. The smallest absolute Gasteiger partial charge is 0.337 e. The number of benzene rings is 4. The molecule has 12 heteroatoms. The summed E-state index contributed by atoms with van der Waals surface area (Å²) in [4.78, 5) is 28.1. The highest BCUT2D eigenvalue weighted by Crippen LogP contribution is 2.38. The van der Waals surface area contributed by atoms with Gasteiger partial charge in [0.2, 0.25) is 15.9 Å². The Morgan fingerprint density at radius 1 is 0.873 bits per heavy atom. The number of nitrogens with zero attached hydrogens (tertiary/aromatic N) is 3. The molecule has 6 rings (SSSR count). The number of carbonyl (C=O) groups is 2. The van der Waals surface area contributed by atoms with Crippen molar-refractivity contribution < 1.29 is 27.5 Å². The number of nitrogens with one attached hydrogen (secondary N) is 1. The number of piperazine rings is 1. The number of aromatic nitrogens is 1. The molecule has 0 unspecified atom stereocenters. The van der Waals surface area contributed by atoms with Crippen molar-refractivity contribution in [2.24, 2.45) is 0 Å². The predicted molar refractivity (Wildman–Crippen MR) is 217 cm³/mol. The average Bonchev–Trinajstić information content (AvgIpc) is 3.45. The highest BCUT2D eigenvalue weighted by molar-refractivity contribution is 7.89. The lowest BCUT2D eigenvalue weighted by molar-refractivity contribution is -0.136. The Balaban J connectivity index is 1.30. The van der Waals surface area contributed by atoms with Crippen molar-refractivity contribution in [3.63, 3.8) is 0 Å². The normalized spacial score (nSPS) is 16.4. The van der Waals surface area contributed by atoms with Crippen LogP contribution in [-0.4, -0.2) is 92.4 Å². The maximum atomic E-state index is 13.5. The first-order chi connectivity index (χ1) is 26.5. The van der Waals surface area contributed by atoms with Crippen molar-refractivity contribution in [1.29, 1.82) is 0 Å². The van der Waals surface area contributed by atoms with E-state index < -0.39 is 16.0 Å². The van der Waals surface area contributed by atoms with Crippen LogP contribution in [0.25, 0.3) is 10.9 Å². The number of halogens is 1. The molecule has 1 aliphatic rings. The third-order valence-electron chi connectivity index (χ3n) is 10.3. The van der Waals surface area contributed by atoms with Gasteiger partial charge in [-0.2, -0.15) is 0 Å². The van der Waals surface area contributed by atoms with E-state index in [9.17, 15) is 18.0 Å². The van der Waals surface area contributed by atoms with Crippen LogP contribution in [0.5, 0.6) is 5.75 Å². The van der Waals surface area contributed by atoms with Gasteiger partial charge in [0.05, 0.1) is 31.1 Å². The van der Waals surface area contributed by atoms with Crippen molar-refractivity contribution in [2.75, 3.05) is 45.6 Å². The summed E-state index contributed by atoms with van der Waals surface area (Å²) in [5, 5.41) is 1.57. The Bertz CT molecular complexity index is 2140. The molecule has 1 N–H and O–H groups in total. The van der Waals surface area contributed by atoms with E-state index in [0.717, 1.165) is 33.3 Å². The molecule has 0 saturated carbocycles. The van der Waals surface area contributed by atoms with Crippen LogP contribution in [0.1, 0.15) is 59.6 Å². The molecule has 1 aromatic heterocycles. The Hall–Kier alpha value is -4.68. The Morgan fingerprint density at radius 2 is 1.49 bits per heavy atom. The van der Waals surface area contributed by atoms with Crippen molar-refractivity contribution in [3.05, 3.63) is 136 Å². The average molecular weight is 785 g/mol. The highest BCUT2D eigenvalue weighted by atomic mass is 35.5. The fourth-order valence-electron chi connectivity index (χ4n) is 7.97. The number of carbonyl (C=O) groups excluding carboxylic acids is 2. The van der Waals surface area contributed by atoms with Crippen LogP contribution in [0.2, 0.25) is 5.02 Å². The summed E-state index contributed by atoms with van der Waals surface area (Å²) >= 11 is 6.66. The van der Waals surface area contributed by atoms with Crippen LogP contribution in [0.3, 0.4) is 0 Å². The molecule has 0 spiro atoms. The van der Waals surface area contributed by atoms with Crippen molar-refractivity contribution >= 4 is 44.4 Å². The molecule has 4 aromatic carbocycles. The molecule has 55 heavy (non-hydrogen) atoms. The minimum atomic E-state index is -3.63. The van der Waals surface area contributed by atoms with E-state index in [1.165, 1.54) is 7.11 Å². The topological polar surface area (TPSA) is 110 Å². The fraction of sp³-hybridized carbons (Fsp3) is 0.349. The lowest BCUT2D eigenvalue weighted by Gasteiger charge is -2.44. The minimum Gasteiger partial charge on any atom is -0.493 e. The van der Waals surface area contributed by atoms with Crippen LogP contribution in [0, 0.1) is 0 Å². The SMILES string of the molecule is COC(=O)c1ccc(OCCc2c(CCNS(=O)(=O)CCN3C[C@@H](C)N(C(C)=O)[C@@H](C)C3)n(C(c3ccccc3)c3ccccc3)c3ccc(Cl)cc23)cc1. The molecule has 290 valence electrons. The van der Waals surface area contributed by atoms with Gasteiger partial charge in [0.15, 0.2) is 0 Å². The van der Waals surface area contributed by atoms with Crippen LogP contribution in [0.15, 0.2) is 103 Å². The number of hydrogen-bond donors (Lipinski definition) is 1. The van der Waals surface area contributed by atoms with Gasteiger partial charge >= 0.3 is 5.97 Å². The van der Waals surface area contributed by atoms with Gasteiger partial charge in [-0.1, -0.05) is 72.3 Å². The lowest BCUT2D eigenvalue weighted by Crippen LogP contribution is -2.58. The second-order valence-electron chi connectivity index (χ2n) is 14.1. The van der Waals surface area contributed by atoms with E-state index in [-0.39, 0.29) is 36.3 Å². The maximum absolute atomic E-state index is 13.5. The van der Waals surface area contributed by atoms with Gasteiger partial charge in [-0.3, -0.25) is 9.69 Å². The number of amides is 1. The zero-order valence-corrected chi connectivity index (χ0v) is 33.4. The molecule has 1 aliphatic heterocycles. The number of sulfonamides is 1. The summed E-state index contributed by atoms with van der Waals surface area (Å²) in [6, 6.07) is 33.1. The van der Waals surface area contributed by atoms with E-state index in [1.807, 2.05) is 73.3 Å². The molecule has 10 nitrogen and oxygen atoms in total. The third-order valence-corrected chi connectivity index (χ3v) is 11.9. The van der Waals surface area contributed by atoms with Gasteiger partial charge in [0, 0.05) is 79.6 Å². The van der Waals surface area contributed by atoms with Crippen molar-refractivity contribution in [1.82, 2.24) is 19.1 Å². The van der Waals surface area contributed by atoms with Crippen molar-refractivity contribution in [3.8, 4) is 5.75 Å². The van der Waals surface area contributed by atoms with E-state index in [0.29, 0.717) is 55.4 Å². The van der Waals surface area contributed by atoms with E-state index in [2.05, 4.69) is 38.5 Å². The number of ether oxygens (including phenoxy) is 2. The number of rotatable bonds is 15. The van der Waals surface area contributed by atoms with E-state index in [1.54, 1.807) is 31.2 Å². The summed E-state index contributed by atoms with van der Waals surface area (Å²) in [5.74, 6) is 0.189. The molecule has 5 aromatic rings. The number of methoxy groups -OCH3 is 1. The molecule has 2 atom stereocenters. The van der Waals surface area contributed by atoms with Gasteiger partial charge < -0.3 is 18.9 Å². The molecule has 1 saturated heterocycles. The first-order valence-electron chi connectivity index (χ1n) is 18.7. The molecule has 0 radical (unpaired) electrons. The largest absolute Gasteiger partial charge is 0.493 e. The number of esters is 1. The first kappa shape index (κ1) is 40.0. The standard InChI is InChI=1S/C43H49ClN4O6S/c1-30-28-46(29-31(2)47(30)32(3)49)24-26-55(51,52)45-23-21-41-38(22-25-54-37-18-15-35(16-19-37)43(50)53-4)39-27-36(44)17-20-40(39)48(41)42(33-11-7-5-8-12-33)34-13-9-6-10-14-34/h5-20,27,30-31,42,45H,21-26,28-29H2,1-4H3/t30-,31+. The van der Waals surface area contributed by atoms with Crippen LogP contribution < -0.4 is 9.46 Å². The summed E-state index contributed by atoms with van der Waals surface area (Å²) in [5.41, 5.74) is 5.58. The zero-order valence-electron chi connectivity index (χ0n) is 31.8. The van der Waals surface area contributed by atoms with Gasteiger partial charge in [-0.15, -0.1) is 0 Å². The molecular weight excluding hydrogens is 736 g/mol. The minimum absolute atomic E-state index is 0.0103. The summed E-state index contributed by atoms with van der Waals surface area (Å²) in [6.07, 6.45) is 0.930. The molecular formula is C43H49ClN4O6S. The monoisotopic (exact) mass is 784 g/mol. The second-order valence-corrected chi connectivity index (χ2v) is 16.5. The summed E-state index contributed by atoms with van der Waals surface area (Å²) in [7, 11) is -2.28. The van der Waals surface area contributed by atoms with E-state index >= 15 is 0 Å². The lowest BCUT2D eigenvalue weighted by atomic mass is 9.97. The summed E-state index contributed by atoms with van der Waals surface area (Å²) in [6.45, 7) is 7.74. The number of hydrogen-bond acceptors (Lipinski definition) is 7.